The highest BCUT2D eigenvalue weighted by molar-refractivity contribution is 5.98. The van der Waals surface area contributed by atoms with Crippen molar-refractivity contribution < 1.29 is 19.0 Å². The number of hydrogen-bond acceptors (Lipinski definition) is 5. The molecule has 0 aliphatic rings. The summed E-state index contributed by atoms with van der Waals surface area (Å²) < 4.78 is 15.5. The predicted molar refractivity (Wildman–Crippen MR) is 79.5 cm³/mol. The predicted octanol–water partition coefficient (Wildman–Crippen LogP) is 2.64. The molecule has 2 N–H and O–H groups in total. The first kappa shape index (κ1) is 14.7. The number of nitrogens with two attached hydrogens (primary N) is 1. The van der Waals surface area contributed by atoms with Crippen LogP contribution in [0.3, 0.4) is 0 Å². The Hall–Kier alpha value is -2.69. The van der Waals surface area contributed by atoms with E-state index in [1.165, 1.54) is 7.11 Å². The van der Waals surface area contributed by atoms with E-state index in [-0.39, 0.29) is 12.2 Å². The molecule has 2 aromatic rings. The molecule has 0 radical (unpaired) electrons. The second kappa shape index (κ2) is 6.65. The van der Waals surface area contributed by atoms with Gasteiger partial charge in [0.1, 0.15) is 23.7 Å². The molecular formula is C16H17NO4. The van der Waals surface area contributed by atoms with Gasteiger partial charge in [-0.05, 0) is 29.8 Å². The van der Waals surface area contributed by atoms with E-state index in [0.29, 0.717) is 11.4 Å². The summed E-state index contributed by atoms with van der Waals surface area (Å²) in [6, 6.07) is 12.3. The first-order valence-corrected chi connectivity index (χ1v) is 6.38. The highest BCUT2D eigenvalue weighted by Crippen LogP contribution is 2.25. The van der Waals surface area contributed by atoms with Gasteiger partial charge in [-0.1, -0.05) is 18.2 Å². The van der Waals surface area contributed by atoms with Crippen LogP contribution in [0.15, 0.2) is 42.5 Å². The molecule has 0 bridgehead atoms. The van der Waals surface area contributed by atoms with Crippen molar-refractivity contribution in [2.45, 2.75) is 6.61 Å². The lowest BCUT2D eigenvalue weighted by Gasteiger charge is -2.11. The molecule has 0 aliphatic carbocycles. The van der Waals surface area contributed by atoms with Crippen molar-refractivity contribution in [1.82, 2.24) is 0 Å². The van der Waals surface area contributed by atoms with Crippen LogP contribution in [0.5, 0.6) is 11.5 Å². The van der Waals surface area contributed by atoms with E-state index in [0.717, 1.165) is 11.3 Å². The zero-order valence-electron chi connectivity index (χ0n) is 12.0. The third kappa shape index (κ3) is 3.45. The van der Waals surface area contributed by atoms with Crippen molar-refractivity contribution in [2.24, 2.45) is 0 Å². The molecule has 0 unspecified atom stereocenters. The first-order valence-electron chi connectivity index (χ1n) is 6.38. The maximum absolute atomic E-state index is 12.1. The van der Waals surface area contributed by atoms with Crippen molar-refractivity contribution in [3.8, 4) is 11.5 Å². The van der Waals surface area contributed by atoms with Crippen LogP contribution in [-0.4, -0.2) is 20.2 Å². The van der Waals surface area contributed by atoms with Crippen LogP contribution < -0.4 is 15.2 Å². The topological polar surface area (TPSA) is 70.8 Å². The van der Waals surface area contributed by atoms with Gasteiger partial charge in [0.05, 0.1) is 14.2 Å². The van der Waals surface area contributed by atoms with Crippen LogP contribution in [0, 0.1) is 0 Å². The molecule has 0 aromatic heterocycles. The van der Waals surface area contributed by atoms with Gasteiger partial charge in [0.15, 0.2) is 0 Å². The van der Waals surface area contributed by atoms with E-state index >= 15 is 0 Å². The molecule has 0 saturated heterocycles. The monoisotopic (exact) mass is 287 g/mol. The average molecular weight is 287 g/mol. The van der Waals surface area contributed by atoms with Crippen molar-refractivity contribution in [1.29, 1.82) is 0 Å². The van der Waals surface area contributed by atoms with Gasteiger partial charge in [-0.25, -0.2) is 4.79 Å². The van der Waals surface area contributed by atoms with Gasteiger partial charge < -0.3 is 19.9 Å². The first-order chi connectivity index (χ1) is 10.2. The Morgan fingerprint density at radius 1 is 1.05 bits per heavy atom. The summed E-state index contributed by atoms with van der Waals surface area (Å²) in [4.78, 5) is 12.1. The minimum Gasteiger partial charge on any atom is -0.497 e. The second-order valence-electron chi connectivity index (χ2n) is 4.35. The number of hydrogen-bond donors (Lipinski definition) is 1. The van der Waals surface area contributed by atoms with Gasteiger partial charge in [0, 0.05) is 5.69 Å². The van der Waals surface area contributed by atoms with E-state index in [4.69, 9.17) is 19.9 Å². The normalized spacial score (nSPS) is 10.0. The highest BCUT2D eigenvalue weighted by Gasteiger charge is 2.17. The summed E-state index contributed by atoms with van der Waals surface area (Å²) >= 11 is 0. The number of anilines is 1. The Kier molecular flexibility index (Phi) is 4.66. The van der Waals surface area contributed by atoms with Crippen LogP contribution >= 0.6 is 0 Å². The molecular weight excluding hydrogens is 270 g/mol. The van der Waals surface area contributed by atoms with Crippen molar-refractivity contribution in [3.05, 3.63) is 53.6 Å². The van der Waals surface area contributed by atoms with E-state index in [9.17, 15) is 4.79 Å². The SMILES string of the molecule is COc1ccc(COC(=O)c2c(N)cccc2OC)cc1. The van der Waals surface area contributed by atoms with Crippen molar-refractivity contribution in [2.75, 3.05) is 20.0 Å². The van der Waals surface area contributed by atoms with Gasteiger partial charge in [-0.3, -0.25) is 0 Å². The molecule has 0 atom stereocenters. The Morgan fingerprint density at radius 3 is 2.38 bits per heavy atom. The number of carbonyl (C=O) groups excluding carboxylic acids is 1. The van der Waals surface area contributed by atoms with E-state index in [2.05, 4.69) is 0 Å². The molecule has 5 nitrogen and oxygen atoms in total. The van der Waals surface area contributed by atoms with Crippen LogP contribution in [0.1, 0.15) is 15.9 Å². The van der Waals surface area contributed by atoms with Gasteiger partial charge in [0.2, 0.25) is 0 Å². The Morgan fingerprint density at radius 2 is 1.76 bits per heavy atom. The lowest BCUT2D eigenvalue weighted by Crippen LogP contribution is -2.10. The Labute approximate surface area is 123 Å². The van der Waals surface area contributed by atoms with E-state index < -0.39 is 5.97 Å². The Bertz CT molecular complexity index is 623. The summed E-state index contributed by atoms with van der Waals surface area (Å²) in [5.74, 6) is 0.634. The van der Waals surface area contributed by atoms with Crippen LogP contribution in [-0.2, 0) is 11.3 Å². The number of nitrogen functional groups attached to an aromatic ring is 1. The van der Waals surface area contributed by atoms with Crippen LogP contribution in [0.4, 0.5) is 5.69 Å². The molecule has 0 amide bonds. The van der Waals surface area contributed by atoms with Crippen molar-refractivity contribution >= 4 is 11.7 Å². The van der Waals surface area contributed by atoms with E-state index in [1.807, 2.05) is 12.1 Å². The molecule has 2 rings (SSSR count). The fourth-order valence-electron chi connectivity index (χ4n) is 1.88. The lowest BCUT2D eigenvalue weighted by atomic mass is 10.1. The third-order valence-electron chi connectivity index (χ3n) is 3.01. The highest BCUT2D eigenvalue weighted by atomic mass is 16.5. The zero-order valence-corrected chi connectivity index (χ0v) is 12.0. The molecule has 21 heavy (non-hydrogen) atoms. The summed E-state index contributed by atoms with van der Waals surface area (Å²) in [5.41, 5.74) is 7.24. The number of rotatable bonds is 5. The largest absolute Gasteiger partial charge is 0.497 e. The summed E-state index contributed by atoms with van der Waals surface area (Å²) in [6.07, 6.45) is 0. The van der Waals surface area contributed by atoms with Gasteiger partial charge >= 0.3 is 5.97 Å². The van der Waals surface area contributed by atoms with Crippen LogP contribution in [0.25, 0.3) is 0 Å². The summed E-state index contributed by atoms with van der Waals surface area (Å²) in [7, 11) is 3.08. The number of esters is 1. The number of benzene rings is 2. The smallest absolute Gasteiger partial charge is 0.344 e. The summed E-state index contributed by atoms with van der Waals surface area (Å²) in [5, 5.41) is 0. The number of methoxy groups -OCH3 is 2. The average Bonchev–Trinajstić information content (AvgIpc) is 2.52. The molecule has 110 valence electrons. The van der Waals surface area contributed by atoms with Gasteiger partial charge in [-0.2, -0.15) is 0 Å². The number of ether oxygens (including phenoxy) is 3. The number of carbonyl (C=O) groups is 1. The summed E-state index contributed by atoms with van der Waals surface area (Å²) in [6.45, 7) is 0.153. The molecule has 0 saturated carbocycles. The second-order valence-corrected chi connectivity index (χ2v) is 4.35. The maximum Gasteiger partial charge on any atom is 0.344 e. The molecule has 0 fully saturated rings. The quantitative estimate of drug-likeness (QED) is 0.676. The molecule has 0 heterocycles. The molecule has 2 aromatic carbocycles. The Balaban J connectivity index is 2.08. The maximum atomic E-state index is 12.1. The fourth-order valence-corrected chi connectivity index (χ4v) is 1.88. The van der Waals surface area contributed by atoms with Crippen LogP contribution in [0.2, 0.25) is 0 Å². The third-order valence-corrected chi connectivity index (χ3v) is 3.01. The van der Waals surface area contributed by atoms with Crippen molar-refractivity contribution in [3.63, 3.8) is 0 Å². The molecule has 0 aliphatic heterocycles. The zero-order chi connectivity index (χ0) is 15.2. The fraction of sp³-hybridized carbons (Fsp3) is 0.188. The minimum atomic E-state index is -0.513. The lowest BCUT2D eigenvalue weighted by molar-refractivity contribution is 0.0470. The standard InChI is InChI=1S/C16H17NO4/c1-19-12-8-6-11(7-9-12)10-21-16(18)15-13(17)4-3-5-14(15)20-2/h3-9H,10,17H2,1-2H3. The van der Waals surface area contributed by atoms with Gasteiger partial charge in [0.25, 0.3) is 0 Å². The van der Waals surface area contributed by atoms with Gasteiger partial charge in [-0.15, -0.1) is 0 Å². The molecule has 5 heteroatoms. The minimum absolute atomic E-state index is 0.153. The van der Waals surface area contributed by atoms with E-state index in [1.54, 1.807) is 37.4 Å². The molecule has 0 spiro atoms.